The summed E-state index contributed by atoms with van der Waals surface area (Å²) in [6.07, 6.45) is 0.350. The number of aliphatic hydroxyl groups excluding tert-OH is 3. The number of hydrogen-bond donors (Lipinski definition) is 5. The fourth-order valence-electron chi connectivity index (χ4n) is 5.05. The van der Waals surface area contributed by atoms with E-state index in [1.807, 2.05) is 0 Å². The Kier molecular flexibility index (Phi) is 4.27. The molecular weight excluding hydrogens is 410 g/mol. The van der Waals surface area contributed by atoms with Gasteiger partial charge in [0, 0.05) is 29.9 Å². The van der Waals surface area contributed by atoms with Gasteiger partial charge in [0.05, 0.1) is 11.7 Å². The summed E-state index contributed by atoms with van der Waals surface area (Å²) in [5.41, 5.74) is 9.21. The van der Waals surface area contributed by atoms with Crippen LogP contribution in [0.3, 0.4) is 0 Å². The summed E-state index contributed by atoms with van der Waals surface area (Å²) in [5.74, 6) is -9.99. The number of carbonyl (C=O) groups excluding carboxylic acids is 4. The van der Waals surface area contributed by atoms with Gasteiger partial charge in [-0.15, -0.1) is 0 Å². The Morgan fingerprint density at radius 1 is 1.26 bits per heavy atom. The van der Waals surface area contributed by atoms with Crippen molar-refractivity contribution in [3.63, 3.8) is 0 Å². The zero-order valence-corrected chi connectivity index (χ0v) is 16.1. The summed E-state index contributed by atoms with van der Waals surface area (Å²) in [7, 11) is 0. The minimum atomic E-state index is -2.91. The largest absolute Gasteiger partial charge is 0.508 e. The molecule has 1 saturated carbocycles. The number of rotatable bonds is 1. The fraction of sp³-hybridized carbons (Fsp3) is 0.350. The average molecular weight is 427 g/mol. The molecule has 6 N–H and O–H groups in total. The summed E-state index contributed by atoms with van der Waals surface area (Å²) in [5, 5.41) is 43.5. The lowest BCUT2D eigenvalue weighted by Crippen LogP contribution is -2.64. The van der Waals surface area contributed by atoms with Gasteiger partial charge in [0.25, 0.3) is 11.7 Å². The molecule has 160 valence electrons. The summed E-state index contributed by atoms with van der Waals surface area (Å²) < 4.78 is 0. The molecule has 0 bridgehead atoms. The molecule has 0 aromatic heterocycles. The molecule has 1 amide bonds. The van der Waals surface area contributed by atoms with Gasteiger partial charge in [-0.1, -0.05) is 6.92 Å². The van der Waals surface area contributed by atoms with Gasteiger partial charge in [-0.3, -0.25) is 19.2 Å². The van der Waals surface area contributed by atoms with Crippen molar-refractivity contribution >= 4 is 29.0 Å². The van der Waals surface area contributed by atoms with Crippen LogP contribution in [0, 0.1) is 17.8 Å². The van der Waals surface area contributed by atoms with Crippen LogP contribution in [-0.2, 0) is 19.2 Å². The monoisotopic (exact) mass is 427 g/mol. The van der Waals surface area contributed by atoms with E-state index in [9.17, 15) is 39.6 Å². The molecule has 4 aliphatic rings. The summed E-state index contributed by atoms with van der Waals surface area (Å²) in [6, 6.07) is 0. The van der Waals surface area contributed by atoms with Crippen molar-refractivity contribution in [2.45, 2.75) is 25.0 Å². The van der Waals surface area contributed by atoms with Crippen molar-refractivity contribution in [2.24, 2.45) is 23.5 Å². The van der Waals surface area contributed by atoms with Gasteiger partial charge < -0.3 is 31.7 Å². The lowest BCUT2D eigenvalue weighted by atomic mass is 9.55. The van der Waals surface area contributed by atoms with Crippen molar-refractivity contribution in [2.75, 3.05) is 0 Å². The molecule has 0 aromatic rings. The molecule has 31 heavy (non-hydrogen) atoms. The standard InChI is InChI=1S/C20H17N3O8/c1-5-6-2-3-8(23-22)15(26)11(6)16(27)13-10(5)14(25)7-4-9(24)12(19(21)30)17(28)20(7,31)18(13)29/h2-3,5,7,10,14,25,27-28,31H,4H2,1H3,(H2,21,30)/t5?,7-,10-,14?,20-/m1/s1. The number of Topliss-reactive ketones (excluding diaryl/α,β-unsaturated/α-hetero) is 3. The number of fused-ring (bicyclic) bond motifs is 2. The van der Waals surface area contributed by atoms with Crippen LogP contribution in [0.5, 0.6) is 0 Å². The number of amides is 1. The number of nitrogens with zero attached hydrogens (tertiary/aromatic N) is 2. The van der Waals surface area contributed by atoms with Crippen molar-refractivity contribution in [3.05, 3.63) is 51.5 Å². The molecule has 1 fully saturated rings. The highest BCUT2D eigenvalue weighted by atomic mass is 16.4. The molecule has 0 aliphatic heterocycles. The third-order valence-electron chi connectivity index (χ3n) is 6.57. The minimum absolute atomic E-state index is 0.265. The first-order valence-electron chi connectivity index (χ1n) is 9.32. The highest BCUT2D eigenvalue weighted by Gasteiger charge is 2.65. The second-order valence-corrected chi connectivity index (χ2v) is 7.96. The van der Waals surface area contributed by atoms with Gasteiger partial charge in [-0.2, -0.15) is 4.79 Å². The van der Waals surface area contributed by atoms with Gasteiger partial charge in [-0.05, 0) is 17.6 Å². The maximum Gasteiger partial charge on any atom is 0.362 e. The Hall–Kier alpha value is -3.66. The Balaban J connectivity index is 1.99. The van der Waals surface area contributed by atoms with Crippen LogP contribution in [-0.4, -0.2) is 65.9 Å². The number of hydrogen-bond acceptors (Lipinski definition) is 8. The molecule has 4 rings (SSSR count). The molecular formula is C20H17N3O8. The molecule has 0 aromatic carbocycles. The topological polar surface area (TPSA) is 212 Å². The van der Waals surface area contributed by atoms with E-state index in [-0.39, 0.29) is 11.1 Å². The first kappa shape index (κ1) is 20.6. The molecule has 11 heteroatoms. The van der Waals surface area contributed by atoms with Crippen LogP contribution in [0.25, 0.3) is 5.53 Å². The molecule has 0 radical (unpaired) electrons. The van der Waals surface area contributed by atoms with Crippen molar-refractivity contribution < 1.29 is 44.4 Å². The first-order valence-corrected chi connectivity index (χ1v) is 9.32. The molecule has 5 atom stereocenters. The molecule has 2 unspecified atom stereocenters. The smallest absolute Gasteiger partial charge is 0.362 e. The lowest BCUT2D eigenvalue weighted by molar-refractivity contribution is -0.161. The molecule has 4 aliphatic carbocycles. The van der Waals surface area contributed by atoms with Gasteiger partial charge in [0.2, 0.25) is 5.78 Å². The SMILES string of the molecule is CC1C2=C(C(=O)C(=[N+]=[N-])C=C2)C(O)=C2C(=O)[C@]3(O)C(O)=C(C(N)=O)C(=O)C[C@@H]3C(O)[C@@H]21. The Bertz CT molecular complexity index is 1180. The number of nitrogens with two attached hydrogens (primary N) is 1. The predicted octanol–water partition coefficient (Wildman–Crippen LogP) is -1.27. The maximum absolute atomic E-state index is 13.4. The molecule has 11 nitrogen and oxygen atoms in total. The van der Waals surface area contributed by atoms with Gasteiger partial charge in [-0.25, -0.2) is 0 Å². The summed E-state index contributed by atoms with van der Waals surface area (Å²) in [4.78, 5) is 52.8. The van der Waals surface area contributed by atoms with Crippen LogP contribution < -0.4 is 5.73 Å². The minimum Gasteiger partial charge on any atom is -0.508 e. The number of carbonyl (C=O) groups is 4. The number of aliphatic hydroxyl groups is 4. The Morgan fingerprint density at radius 3 is 2.48 bits per heavy atom. The van der Waals surface area contributed by atoms with Crippen molar-refractivity contribution in [1.29, 1.82) is 0 Å². The van der Waals surface area contributed by atoms with Crippen LogP contribution in [0.15, 0.2) is 46.0 Å². The third kappa shape index (κ3) is 2.36. The van der Waals surface area contributed by atoms with Crippen LogP contribution >= 0.6 is 0 Å². The lowest BCUT2D eigenvalue weighted by Gasteiger charge is -2.50. The fourth-order valence-corrected chi connectivity index (χ4v) is 5.05. The second-order valence-electron chi connectivity index (χ2n) is 7.96. The number of allylic oxidation sites excluding steroid dienone is 4. The van der Waals surface area contributed by atoms with E-state index in [4.69, 9.17) is 11.3 Å². The summed E-state index contributed by atoms with van der Waals surface area (Å²) >= 11 is 0. The molecule has 0 saturated heterocycles. The van der Waals surface area contributed by atoms with E-state index in [0.29, 0.717) is 0 Å². The van der Waals surface area contributed by atoms with Gasteiger partial charge in [0.15, 0.2) is 11.4 Å². The van der Waals surface area contributed by atoms with E-state index in [1.165, 1.54) is 12.2 Å². The van der Waals surface area contributed by atoms with Crippen LogP contribution in [0.4, 0.5) is 0 Å². The van der Waals surface area contributed by atoms with E-state index < -0.39 is 87.5 Å². The van der Waals surface area contributed by atoms with E-state index >= 15 is 0 Å². The maximum atomic E-state index is 13.4. The van der Waals surface area contributed by atoms with Crippen molar-refractivity contribution in [3.8, 4) is 0 Å². The normalized spacial score (nSPS) is 35.1. The molecule has 0 heterocycles. The third-order valence-corrected chi connectivity index (χ3v) is 6.57. The number of primary amides is 1. The Morgan fingerprint density at radius 2 is 1.90 bits per heavy atom. The van der Waals surface area contributed by atoms with E-state index in [0.717, 1.165) is 0 Å². The van der Waals surface area contributed by atoms with Crippen LogP contribution in [0.1, 0.15) is 13.3 Å². The highest BCUT2D eigenvalue weighted by Crippen LogP contribution is 2.53. The zero-order valence-electron chi connectivity index (χ0n) is 16.1. The van der Waals surface area contributed by atoms with Crippen molar-refractivity contribution in [1.82, 2.24) is 0 Å². The summed E-state index contributed by atoms with van der Waals surface area (Å²) in [6.45, 7) is 1.57. The van der Waals surface area contributed by atoms with Gasteiger partial charge in [0.1, 0.15) is 17.1 Å². The first-order chi connectivity index (χ1) is 14.5. The quantitative estimate of drug-likeness (QED) is 0.147. The number of ketones is 3. The van der Waals surface area contributed by atoms with E-state index in [1.54, 1.807) is 6.92 Å². The highest BCUT2D eigenvalue weighted by molar-refractivity contribution is 6.49. The molecule has 0 spiro atoms. The van der Waals surface area contributed by atoms with Gasteiger partial charge >= 0.3 is 5.71 Å². The zero-order chi connectivity index (χ0) is 23.0. The second kappa shape index (κ2) is 6.42. The average Bonchev–Trinajstić information content (AvgIpc) is 2.70. The Labute approximate surface area is 174 Å². The van der Waals surface area contributed by atoms with Crippen LogP contribution in [0.2, 0.25) is 0 Å². The van der Waals surface area contributed by atoms with E-state index in [2.05, 4.69) is 4.79 Å². The predicted molar refractivity (Wildman–Crippen MR) is 100 cm³/mol.